The standard InChI is InChI=1S/C31H33N5O4/c32-18-23-16-21(6-9-29(23)40-24-4-3-5-24)19-33-11-1-2-14-39-15-13-35-30-26-10-12-34-20-27(26)25-8-7-22(31(37)38)17-28(25)36-30/h6-10,12,16-17,20,24,33H,1-5,11,13-15,19H2,(H,35,36)(H,37,38). The van der Waals surface area contributed by atoms with Gasteiger partial charge >= 0.3 is 5.97 Å². The Morgan fingerprint density at radius 2 is 1.95 bits per heavy atom. The van der Waals surface area contributed by atoms with Crippen LogP contribution in [0.3, 0.4) is 0 Å². The number of ether oxygens (including phenoxy) is 2. The van der Waals surface area contributed by atoms with Crippen molar-refractivity contribution in [2.24, 2.45) is 0 Å². The number of rotatable bonds is 14. The van der Waals surface area contributed by atoms with Gasteiger partial charge in [0.15, 0.2) is 0 Å². The Morgan fingerprint density at radius 3 is 2.75 bits per heavy atom. The minimum absolute atomic E-state index is 0.200. The van der Waals surface area contributed by atoms with Crippen LogP contribution in [0, 0.1) is 11.3 Å². The van der Waals surface area contributed by atoms with Crippen LogP contribution in [0.15, 0.2) is 54.9 Å². The Kier molecular flexibility index (Phi) is 9.01. The Hall–Kier alpha value is -4.26. The highest BCUT2D eigenvalue weighted by Gasteiger charge is 2.20. The largest absolute Gasteiger partial charge is 0.489 e. The number of aromatic carboxylic acids is 1. The number of fused-ring (bicyclic) bond motifs is 3. The Balaban J connectivity index is 1.02. The van der Waals surface area contributed by atoms with Crippen LogP contribution < -0.4 is 15.4 Å². The van der Waals surface area contributed by atoms with Gasteiger partial charge in [0.25, 0.3) is 0 Å². The lowest BCUT2D eigenvalue weighted by Gasteiger charge is -2.26. The van der Waals surface area contributed by atoms with Gasteiger partial charge in [0, 0.05) is 48.2 Å². The van der Waals surface area contributed by atoms with Crippen LogP contribution in [-0.4, -0.2) is 53.5 Å². The first kappa shape index (κ1) is 27.3. The molecule has 9 nitrogen and oxygen atoms in total. The average Bonchev–Trinajstić information content (AvgIpc) is 2.95. The predicted molar refractivity (Wildman–Crippen MR) is 154 cm³/mol. The van der Waals surface area contributed by atoms with Crippen LogP contribution in [0.25, 0.3) is 21.7 Å². The lowest BCUT2D eigenvalue weighted by molar-refractivity contribution is 0.0697. The van der Waals surface area contributed by atoms with Crippen LogP contribution in [0.5, 0.6) is 5.75 Å². The van der Waals surface area contributed by atoms with E-state index < -0.39 is 5.97 Å². The van der Waals surface area contributed by atoms with Crippen molar-refractivity contribution in [3.8, 4) is 11.8 Å². The summed E-state index contributed by atoms with van der Waals surface area (Å²) >= 11 is 0. The molecule has 0 atom stereocenters. The normalized spacial score (nSPS) is 13.2. The van der Waals surface area contributed by atoms with Crippen LogP contribution in [0.1, 0.15) is 53.6 Å². The second-order valence-electron chi connectivity index (χ2n) is 9.95. The molecule has 1 saturated carbocycles. The van der Waals surface area contributed by atoms with Gasteiger partial charge in [-0.15, -0.1) is 0 Å². The van der Waals surface area contributed by atoms with Crippen LogP contribution in [0.2, 0.25) is 0 Å². The summed E-state index contributed by atoms with van der Waals surface area (Å²) in [5, 5.41) is 28.3. The fourth-order valence-electron chi connectivity index (χ4n) is 4.69. The van der Waals surface area contributed by atoms with E-state index in [1.54, 1.807) is 30.6 Å². The highest BCUT2D eigenvalue weighted by molar-refractivity contribution is 6.10. The number of nitrogens with zero attached hydrogens (tertiary/aromatic N) is 3. The molecule has 0 bridgehead atoms. The molecule has 2 heterocycles. The summed E-state index contributed by atoms with van der Waals surface area (Å²) in [5.74, 6) is 0.392. The van der Waals surface area contributed by atoms with Crippen LogP contribution in [0.4, 0.5) is 5.82 Å². The van der Waals surface area contributed by atoms with Gasteiger partial charge in [0.1, 0.15) is 17.6 Å². The minimum Gasteiger partial charge on any atom is -0.489 e. The summed E-state index contributed by atoms with van der Waals surface area (Å²) < 4.78 is 11.7. The summed E-state index contributed by atoms with van der Waals surface area (Å²) in [6.07, 6.45) is 9.02. The van der Waals surface area contributed by atoms with Crippen molar-refractivity contribution in [3.05, 3.63) is 71.5 Å². The van der Waals surface area contributed by atoms with Crippen molar-refractivity contribution >= 4 is 33.5 Å². The second kappa shape index (κ2) is 13.2. The number of carboxylic acids is 1. The molecule has 0 unspecified atom stereocenters. The zero-order valence-corrected chi connectivity index (χ0v) is 22.4. The number of hydrogen-bond acceptors (Lipinski definition) is 8. The molecule has 4 aromatic rings. The zero-order valence-electron chi connectivity index (χ0n) is 22.4. The van der Waals surface area contributed by atoms with E-state index in [2.05, 4.69) is 26.7 Å². The molecule has 2 aromatic heterocycles. The monoisotopic (exact) mass is 539 g/mol. The van der Waals surface area contributed by atoms with E-state index in [9.17, 15) is 15.2 Å². The molecule has 0 spiro atoms. The first-order valence-electron chi connectivity index (χ1n) is 13.7. The van der Waals surface area contributed by atoms with Crippen molar-refractivity contribution in [2.45, 2.75) is 44.8 Å². The van der Waals surface area contributed by atoms with E-state index in [0.717, 1.165) is 54.0 Å². The third kappa shape index (κ3) is 6.65. The third-order valence-electron chi connectivity index (χ3n) is 7.11. The van der Waals surface area contributed by atoms with Crippen molar-refractivity contribution < 1.29 is 19.4 Å². The zero-order chi connectivity index (χ0) is 27.7. The van der Waals surface area contributed by atoms with Crippen LogP contribution in [-0.2, 0) is 11.3 Å². The summed E-state index contributed by atoms with van der Waals surface area (Å²) in [7, 11) is 0. The van der Waals surface area contributed by atoms with Gasteiger partial charge in [0.2, 0.25) is 0 Å². The van der Waals surface area contributed by atoms with Gasteiger partial charge in [0.05, 0.1) is 29.4 Å². The maximum Gasteiger partial charge on any atom is 0.335 e. The summed E-state index contributed by atoms with van der Waals surface area (Å²) in [6.45, 7) is 3.34. The molecular weight excluding hydrogens is 506 g/mol. The predicted octanol–water partition coefficient (Wildman–Crippen LogP) is 5.28. The maximum atomic E-state index is 11.4. The number of aromatic nitrogens is 2. The minimum atomic E-state index is -0.982. The third-order valence-corrected chi connectivity index (χ3v) is 7.11. The smallest absolute Gasteiger partial charge is 0.335 e. The topological polar surface area (TPSA) is 129 Å². The SMILES string of the molecule is N#Cc1cc(CNCCCCOCCNc2nc3cc(C(=O)O)ccc3c3cnccc23)ccc1OC1CCC1. The van der Waals surface area contributed by atoms with E-state index in [0.29, 0.717) is 49.0 Å². The maximum absolute atomic E-state index is 11.4. The first-order valence-corrected chi connectivity index (χ1v) is 13.7. The number of hydrogen-bond donors (Lipinski definition) is 3. The molecule has 5 rings (SSSR count). The molecule has 0 radical (unpaired) electrons. The van der Waals surface area contributed by atoms with Crippen LogP contribution >= 0.6 is 0 Å². The Labute approximate surface area is 233 Å². The molecule has 1 fully saturated rings. The van der Waals surface area contributed by atoms with Gasteiger partial charge in [-0.3, -0.25) is 4.98 Å². The summed E-state index contributed by atoms with van der Waals surface area (Å²) in [5.41, 5.74) is 2.48. The molecular formula is C31H33N5O4. The van der Waals surface area contributed by atoms with Gasteiger partial charge < -0.3 is 25.2 Å². The highest BCUT2D eigenvalue weighted by Crippen LogP contribution is 2.30. The molecule has 0 aliphatic heterocycles. The van der Waals surface area contributed by atoms with E-state index in [4.69, 9.17) is 9.47 Å². The molecule has 1 aliphatic carbocycles. The van der Waals surface area contributed by atoms with Gasteiger partial charge in [-0.25, -0.2) is 9.78 Å². The second-order valence-corrected chi connectivity index (χ2v) is 9.95. The van der Waals surface area contributed by atoms with Crippen molar-refractivity contribution in [2.75, 3.05) is 31.6 Å². The number of benzene rings is 2. The van der Waals surface area contributed by atoms with E-state index in [1.165, 1.54) is 6.42 Å². The Morgan fingerprint density at radius 1 is 1.05 bits per heavy atom. The number of nitrogens with one attached hydrogen (secondary N) is 2. The molecule has 0 amide bonds. The lowest BCUT2D eigenvalue weighted by atomic mass is 9.96. The average molecular weight is 540 g/mol. The number of unbranched alkanes of at least 4 members (excludes halogenated alkanes) is 1. The van der Waals surface area contributed by atoms with Crippen molar-refractivity contribution in [1.82, 2.24) is 15.3 Å². The van der Waals surface area contributed by atoms with Crippen molar-refractivity contribution in [3.63, 3.8) is 0 Å². The number of pyridine rings is 2. The molecule has 1 aliphatic rings. The Bertz CT molecular complexity index is 1530. The van der Waals surface area contributed by atoms with Gasteiger partial charge in [-0.2, -0.15) is 5.26 Å². The molecule has 0 saturated heterocycles. The summed E-state index contributed by atoms with van der Waals surface area (Å²) in [6, 6.07) is 15.0. The van der Waals surface area contributed by atoms with Gasteiger partial charge in [-0.1, -0.05) is 12.1 Å². The number of carbonyl (C=O) groups is 1. The fourth-order valence-corrected chi connectivity index (χ4v) is 4.69. The lowest BCUT2D eigenvalue weighted by Crippen LogP contribution is -2.25. The molecule has 9 heteroatoms. The van der Waals surface area contributed by atoms with Crippen molar-refractivity contribution in [1.29, 1.82) is 5.26 Å². The molecule has 3 N–H and O–H groups in total. The van der Waals surface area contributed by atoms with E-state index >= 15 is 0 Å². The number of anilines is 1. The summed E-state index contributed by atoms with van der Waals surface area (Å²) in [4.78, 5) is 20.3. The number of carboxylic acid groups (broad SMARTS) is 1. The fraction of sp³-hybridized carbons (Fsp3) is 0.355. The highest BCUT2D eigenvalue weighted by atomic mass is 16.5. The molecule has 2 aromatic carbocycles. The molecule has 206 valence electrons. The number of nitriles is 1. The van der Waals surface area contributed by atoms with E-state index in [-0.39, 0.29) is 11.7 Å². The molecule has 40 heavy (non-hydrogen) atoms. The quantitative estimate of drug-likeness (QED) is 0.145. The van der Waals surface area contributed by atoms with Gasteiger partial charge in [-0.05, 0) is 74.5 Å². The first-order chi connectivity index (χ1) is 19.6. The van der Waals surface area contributed by atoms with E-state index in [1.807, 2.05) is 24.3 Å².